The van der Waals surface area contributed by atoms with Gasteiger partial charge in [-0.15, -0.1) is 0 Å². The van der Waals surface area contributed by atoms with Gasteiger partial charge in [0.2, 0.25) is 0 Å². The third-order valence-corrected chi connectivity index (χ3v) is 9.30. The van der Waals surface area contributed by atoms with E-state index in [-0.39, 0.29) is 54.4 Å². The Morgan fingerprint density at radius 1 is 0.762 bits per heavy atom. The molecule has 1 unspecified atom stereocenters. The van der Waals surface area contributed by atoms with E-state index in [1.807, 2.05) is 46.9 Å². The minimum atomic E-state index is -4.44. The molecule has 2 fully saturated rings. The number of hydrogen-bond donors (Lipinski definition) is 2. The van der Waals surface area contributed by atoms with Crippen molar-refractivity contribution in [3.05, 3.63) is 35.4 Å². The van der Waals surface area contributed by atoms with Gasteiger partial charge in [0, 0.05) is 35.2 Å². The third kappa shape index (κ3) is 9.32. The molecule has 0 amide bonds. The monoisotopic (exact) mass is 606 g/mol. The second-order valence-electron chi connectivity index (χ2n) is 14.9. The molecule has 0 spiro atoms. The number of likely N-dealkylation sites (N-methyl/N-ethyl adjacent to an activating group) is 2. The lowest BCUT2D eigenvalue weighted by Gasteiger charge is -2.50. The summed E-state index contributed by atoms with van der Waals surface area (Å²) in [5, 5.41) is 7.36. The Kier molecular flexibility index (Phi) is 10.8. The Morgan fingerprint density at radius 3 is 1.88 bits per heavy atom. The van der Waals surface area contributed by atoms with Crippen molar-refractivity contribution in [2.24, 2.45) is 11.8 Å². The molecule has 7 atom stereocenters. The smallest absolute Gasteiger partial charge is 0.308 e. The van der Waals surface area contributed by atoms with Crippen molar-refractivity contribution in [3.8, 4) is 0 Å². The van der Waals surface area contributed by atoms with E-state index in [0.29, 0.717) is 24.8 Å². The van der Waals surface area contributed by atoms with Crippen LogP contribution in [0, 0.1) is 11.8 Å². The van der Waals surface area contributed by atoms with Crippen molar-refractivity contribution in [2.75, 3.05) is 28.2 Å². The van der Waals surface area contributed by atoms with Gasteiger partial charge in [0.1, 0.15) is 0 Å². The number of hydrogen-bond acceptors (Lipinski definition) is 4. The average Bonchev–Trinajstić information content (AvgIpc) is 2.82. The van der Waals surface area contributed by atoms with Crippen molar-refractivity contribution >= 4 is 0 Å². The molecule has 2 aliphatic rings. The van der Waals surface area contributed by atoms with E-state index in [1.54, 1.807) is 6.07 Å². The summed E-state index contributed by atoms with van der Waals surface area (Å²) >= 11 is 0. The van der Waals surface area contributed by atoms with Crippen LogP contribution in [0.1, 0.15) is 90.2 Å². The van der Waals surface area contributed by atoms with Gasteiger partial charge >= 0.3 is 12.4 Å². The molecule has 4 nitrogen and oxygen atoms in total. The Hall–Kier alpha value is -1.36. The van der Waals surface area contributed by atoms with Crippen molar-refractivity contribution in [1.29, 1.82) is 0 Å². The van der Waals surface area contributed by atoms with E-state index < -0.39 is 29.4 Å². The lowest BCUT2D eigenvalue weighted by atomic mass is 9.66. The zero-order valence-corrected chi connectivity index (χ0v) is 26.8. The van der Waals surface area contributed by atoms with Crippen LogP contribution >= 0.6 is 0 Å². The number of nitrogens with zero attached hydrogens (tertiary/aromatic N) is 2. The van der Waals surface area contributed by atoms with Crippen LogP contribution in [-0.2, 0) is 6.18 Å². The predicted octanol–water partition coefficient (Wildman–Crippen LogP) is 7.31. The fourth-order valence-corrected chi connectivity index (χ4v) is 7.56. The van der Waals surface area contributed by atoms with Crippen LogP contribution < -0.4 is 10.6 Å². The lowest BCUT2D eigenvalue weighted by Crippen LogP contribution is -2.60. The van der Waals surface area contributed by atoms with E-state index in [0.717, 1.165) is 12.5 Å². The van der Waals surface area contributed by atoms with Gasteiger partial charge in [-0.2, -0.15) is 26.3 Å². The second kappa shape index (κ2) is 12.9. The molecule has 1 aromatic carbocycles. The predicted molar refractivity (Wildman–Crippen MR) is 158 cm³/mol. The molecule has 2 aliphatic carbocycles. The Balaban J connectivity index is 1.94. The fraction of sp³-hybridized carbons (Fsp3) is 0.812. The summed E-state index contributed by atoms with van der Waals surface area (Å²) in [4.78, 5) is 4.20. The first kappa shape index (κ1) is 35.1. The summed E-state index contributed by atoms with van der Waals surface area (Å²) in [6.45, 7) is 10.3. The molecule has 0 heterocycles. The van der Waals surface area contributed by atoms with Gasteiger partial charge in [-0.05, 0) is 125 Å². The molecule has 0 aromatic heterocycles. The molecule has 2 saturated carbocycles. The molecule has 0 aliphatic heterocycles. The Morgan fingerprint density at radius 2 is 1.36 bits per heavy atom. The minimum Gasteiger partial charge on any atom is -0.308 e. The van der Waals surface area contributed by atoms with Gasteiger partial charge in [0.15, 0.2) is 0 Å². The van der Waals surface area contributed by atoms with E-state index in [9.17, 15) is 26.3 Å². The standard InChI is InChI=1S/C32H52F6N4/c1-29(2,3)39-26-18-24(20-11-10-12-22(15-20)31(33,34)35)21(16-28(26)42(8)9)19-30(4,5)40-25-17-23(32(36,37)38)13-14-27(25)41(6)7/h10-12,15,21,23-28,39-40H,13-14,16-19H2,1-9H3/t21?,23-,24-,25+,26-,27+,28-/m0/s1. The molecule has 3 rings (SSSR count). The van der Waals surface area contributed by atoms with Crippen molar-refractivity contribution in [2.45, 2.75) is 127 Å². The fourth-order valence-electron chi connectivity index (χ4n) is 7.56. The van der Waals surface area contributed by atoms with Crippen LogP contribution in [0.4, 0.5) is 26.3 Å². The largest absolute Gasteiger partial charge is 0.416 e. The molecule has 242 valence electrons. The SMILES string of the molecule is CN(C)[C@@H]1CC[C@H](C(F)(F)F)C[C@H]1NC(C)(C)CC1C[C@H](N(C)C)[C@@H](NC(C)(C)C)C[C@H]1c1cccc(C(F)(F)F)c1. The summed E-state index contributed by atoms with van der Waals surface area (Å²) in [5.41, 5.74) is -0.690. The van der Waals surface area contributed by atoms with Gasteiger partial charge in [-0.3, -0.25) is 0 Å². The van der Waals surface area contributed by atoms with Gasteiger partial charge in [-0.1, -0.05) is 18.2 Å². The highest BCUT2D eigenvalue weighted by molar-refractivity contribution is 5.30. The Labute approximate surface area is 249 Å². The molecule has 10 heteroatoms. The topological polar surface area (TPSA) is 30.5 Å². The van der Waals surface area contributed by atoms with Gasteiger partial charge in [0.25, 0.3) is 0 Å². The number of benzene rings is 1. The number of nitrogens with one attached hydrogen (secondary N) is 2. The summed E-state index contributed by atoms with van der Waals surface area (Å²) < 4.78 is 82.4. The van der Waals surface area contributed by atoms with E-state index >= 15 is 0 Å². The second-order valence-corrected chi connectivity index (χ2v) is 14.9. The first-order valence-electron chi connectivity index (χ1n) is 15.2. The van der Waals surface area contributed by atoms with Crippen LogP contribution in [-0.4, -0.2) is 79.4 Å². The van der Waals surface area contributed by atoms with Crippen molar-refractivity contribution in [3.63, 3.8) is 0 Å². The highest BCUT2D eigenvalue weighted by Crippen LogP contribution is 2.45. The summed E-state index contributed by atoms with van der Waals surface area (Å²) in [6.07, 6.45) is -5.99. The van der Waals surface area contributed by atoms with Crippen LogP contribution in [0.2, 0.25) is 0 Å². The third-order valence-electron chi connectivity index (χ3n) is 9.30. The highest BCUT2D eigenvalue weighted by atomic mass is 19.4. The highest BCUT2D eigenvalue weighted by Gasteiger charge is 2.47. The summed E-state index contributed by atoms with van der Waals surface area (Å²) in [5.74, 6) is -1.44. The molecule has 2 N–H and O–H groups in total. The normalized spacial score (nSPS) is 30.3. The first-order valence-corrected chi connectivity index (χ1v) is 15.2. The van der Waals surface area contributed by atoms with Gasteiger partial charge < -0.3 is 20.4 Å². The van der Waals surface area contributed by atoms with Crippen LogP contribution in [0.3, 0.4) is 0 Å². The molecular weight excluding hydrogens is 554 g/mol. The van der Waals surface area contributed by atoms with Crippen LogP contribution in [0.15, 0.2) is 24.3 Å². The number of halogens is 6. The van der Waals surface area contributed by atoms with Crippen LogP contribution in [0.25, 0.3) is 0 Å². The zero-order chi connectivity index (χ0) is 31.8. The van der Waals surface area contributed by atoms with Gasteiger partial charge in [-0.25, -0.2) is 0 Å². The maximum Gasteiger partial charge on any atom is 0.416 e. The van der Waals surface area contributed by atoms with Crippen molar-refractivity contribution in [1.82, 2.24) is 20.4 Å². The summed E-state index contributed by atoms with van der Waals surface area (Å²) in [6, 6.07) is 5.55. The quantitative estimate of drug-likeness (QED) is 0.304. The molecule has 0 bridgehead atoms. The zero-order valence-electron chi connectivity index (χ0n) is 26.8. The van der Waals surface area contributed by atoms with E-state index in [2.05, 4.69) is 36.3 Å². The van der Waals surface area contributed by atoms with E-state index in [1.165, 1.54) is 12.1 Å². The van der Waals surface area contributed by atoms with Crippen molar-refractivity contribution < 1.29 is 26.3 Å². The average molecular weight is 607 g/mol. The molecule has 0 radical (unpaired) electrons. The maximum absolute atomic E-state index is 13.7. The lowest BCUT2D eigenvalue weighted by molar-refractivity contribution is -0.187. The maximum atomic E-state index is 13.7. The molecule has 0 saturated heterocycles. The van der Waals surface area contributed by atoms with Gasteiger partial charge in [0.05, 0.1) is 11.5 Å². The molecule has 1 aromatic rings. The molecule has 42 heavy (non-hydrogen) atoms. The number of rotatable bonds is 8. The Bertz CT molecular complexity index is 1010. The number of alkyl halides is 6. The summed E-state index contributed by atoms with van der Waals surface area (Å²) in [7, 11) is 7.90. The minimum absolute atomic E-state index is 0.0232. The first-order chi connectivity index (χ1) is 19.1. The van der Waals surface area contributed by atoms with Crippen LogP contribution in [0.5, 0.6) is 0 Å². The molecular formula is C32H52F6N4. The van der Waals surface area contributed by atoms with E-state index in [4.69, 9.17) is 0 Å².